The minimum Gasteiger partial charge on any atom is -0.501 e. The molecule has 2 amide bonds. The maximum absolute atomic E-state index is 13.1. The van der Waals surface area contributed by atoms with Crippen molar-refractivity contribution in [2.75, 3.05) is 29.6 Å². The number of anilines is 2. The first-order valence-corrected chi connectivity index (χ1v) is 12.0. The molecule has 0 radical (unpaired) electrons. The van der Waals surface area contributed by atoms with Crippen LogP contribution in [-0.4, -0.2) is 51.8 Å². The molecule has 3 heterocycles. The van der Waals surface area contributed by atoms with Crippen LogP contribution in [0.3, 0.4) is 0 Å². The summed E-state index contributed by atoms with van der Waals surface area (Å²) >= 11 is 0. The molecule has 11 heteroatoms. The van der Waals surface area contributed by atoms with Gasteiger partial charge in [0.1, 0.15) is 11.4 Å². The van der Waals surface area contributed by atoms with E-state index in [1.165, 1.54) is 35.9 Å². The highest BCUT2D eigenvalue weighted by Crippen LogP contribution is 2.37. The van der Waals surface area contributed by atoms with Gasteiger partial charge in [0.25, 0.3) is 11.5 Å². The van der Waals surface area contributed by atoms with Gasteiger partial charge in [-0.15, -0.1) is 0 Å². The molecule has 1 aromatic heterocycles. The van der Waals surface area contributed by atoms with Crippen molar-refractivity contribution in [3.05, 3.63) is 82.0 Å². The number of halogens is 1. The molecule has 37 heavy (non-hydrogen) atoms. The number of benzene rings is 2. The van der Waals surface area contributed by atoms with Crippen LogP contribution in [0.15, 0.2) is 59.4 Å². The van der Waals surface area contributed by atoms with Gasteiger partial charge in [0.05, 0.1) is 6.67 Å². The third kappa shape index (κ3) is 4.37. The van der Waals surface area contributed by atoms with E-state index in [1.54, 1.807) is 0 Å². The molecule has 192 valence electrons. The first-order valence-electron chi connectivity index (χ1n) is 12.0. The van der Waals surface area contributed by atoms with Crippen LogP contribution in [0, 0.1) is 5.82 Å². The molecule has 1 spiro atoms. The highest BCUT2D eigenvalue weighted by Gasteiger charge is 2.50. The third-order valence-electron chi connectivity index (χ3n) is 7.10. The summed E-state index contributed by atoms with van der Waals surface area (Å²) in [6.07, 6.45) is 0.965. The molecule has 2 aliphatic heterocycles. The van der Waals surface area contributed by atoms with Crippen molar-refractivity contribution < 1.29 is 19.1 Å². The Hall–Kier alpha value is -4.41. The fraction of sp³-hybridized carbons (Fsp3) is 0.308. The molecule has 2 saturated heterocycles. The lowest BCUT2D eigenvalue weighted by atomic mass is 9.85. The molecule has 10 nitrogen and oxygen atoms in total. The fourth-order valence-electron chi connectivity index (χ4n) is 5.00. The van der Waals surface area contributed by atoms with Crippen LogP contribution in [0.1, 0.15) is 28.9 Å². The quantitative estimate of drug-likeness (QED) is 0.480. The monoisotopic (exact) mass is 506 g/mol. The molecule has 3 N–H and O–H groups in total. The highest BCUT2D eigenvalue weighted by molar-refractivity contribution is 5.95. The summed E-state index contributed by atoms with van der Waals surface area (Å²) in [5.74, 6) is -1.67. The Balaban J connectivity index is 1.36. The second-order valence-corrected chi connectivity index (χ2v) is 9.23. The van der Waals surface area contributed by atoms with Crippen LogP contribution in [0.4, 0.5) is 16.0 Å². The second-order valence-electron chi connectivity index (χ2n) is 9.23. The van der Waals surface area contributed by atoms with E-state index in [0.717, 1.165) is 5.69 Å². The predicted molar refractivity (Wildman–Crippen MR) is 135 cm³/mol. The summed E-state index contributed by atoms with van der Waals surface area (Å²) in [5.41, 5.74) is -0.253. The Morgan fingerprint density at radius 1 is 1.11 bits per heavy atom. The van der Waals surface area contributed by atoms with Gasteiger partial charge in [-0.05, 0) is 42.7 Å². The van der Waals surface area contributed by atoms with E-state index in [2.05, 4.69) is 20.5 Å². The van der Waals surface area contributed by atoms with Crippen LogP contribution < -0.4 is 26.0 Å². The zero-order chi connectivity index (χ0) is 26.2. The average molecular weight is 507 g/mol. The van der Waals surface area contributed by atoms with Crippen LogP contribution >= 0.6 is 0 Å². The topological polar surface area (TPSA) is 120 Å². The van der Waals surface area contributed by atoms with E-state index in [-0.39, 0.29) is 24.1 Å². The molecule has 5 rings (SSSR count). The van der Waals surface area contributed by atoms with E-state index in [0.29, 0.717) is 38.2 Å². The molecule has 2 fully saturated rings. The molecule has 2 aromatic carbocycles. The summed E-state index contributed by atoms with van der Waals surface area (Å²) < 4.78 is 14.3. The van der Waals surface area contributed by atoms with E-state index in [4.69, 9.17) is 0 Å². The number of para-hydroxylation sites is 1. The number of nitrogens with zero attached hydrogens (tertiary/aromatic N) is 4. The number of rotatable bonds is 5. The lowest BCUT2D eigenvalue weighted by Crippen LogP contribution is -2.57. The van der Waals surface area contributed by atoms with Crippen molar-refractivity contribution in [2.45, 2.75) is 24.9 Å². The van der Waals surface area contributed by atoms with Gasteiger partial charge in [-0.3, -0.25) is 19.0 Å². The first-order chi connectivity index (χ1) is 17.8. The number of carbonyl (C=O) groups excluding carboxylic acids is 2. The zero-order valence-corrected chi connectivity index (χ0v) is 20.3. The Bertz CT molecular complexity index is 1380. The van der Waals surface area contributed by atoms with E-state index in [9.17, 15) is 23.9 Å². The Morgan fingerprint density at radius 3 is 2.46 bits per heavy atom. The molecule has 0 saturated carbocycles. The van der Waals surface area contributed by atoms with Gasteiger partial charge in [-0.2, -0.15) is 0 Å². The maximum atomic E-state index is 13.1. The van der Waals surface area contributed by atoms with Crippen LogP contribution in [0.5, 0.6) is 5.75 Å². The SMILES string of the molecule is Cn1c(N2CCC3(CC2)C(=O)NCN3c2ccccc2)nc(C(=O)NCc2ccc(F)cc2)c(O)c1=O. The molecule has 0 aliphatic carbocycles. The highest BCUT2D eigenvalue weighted by atomic mass is 19.1. The number of nitrogens with one attached hydrogen (secondary N) is 2. The molecular weight excluding hydrogens is 479 g/mol. The van der Waals surface area contributed by atoms with Crippen molar-refractivity contribution >= 4 is 23.5 Å². The lowest BCUT2D eigenvalue weighted by molar-refractivity contribution is -0.124. The lowest BCUT2D eigenvalue weighted by Gasteiger charge is -2.43. The van der Waals surface area contributed by atoms with Crippen molar-refractivity contribution in [3.8, 4) is 5.75 Å². The molecule has 0 bridgehead atoms. The summed E-state index contributed by atoms with van der Waals surface area (Å²) in [6, 6.07) is 15.3. The normalized spacial score (nSPS) is 16.6. The Labute approximate surface area is 212 Å². The van der Waals surface area contributed by atoms with Crippen LogP contribution in [-0.2, 0) is 18.4 Å². The standard InChI is InChI=1S/C26H27FN6O4/c1-31-23(36)21(34)20(22(35)28-15-17-7-9-18(27)10-8-17)30-25(31)32-13-11-26(12-14-32)24(37)29-16-33(26)19-5-3-2-4-6-19/h2-10,34H,11-16H2,1H3,(H,28,35)(H,29,37). The van der Waals surface area contributed by atoms with Crippen molar-refractivity contribution in [2.24, 2.45) is 7.05 Å². The molecule has 0 unspecified atom stereocenters. The van der Waals surface area contributed by atoms with Gasteiger partial charge in [0, 0.05) is 32.4 Å². The predicted octanol–water partition coefficient (Wildman–Crippen LogP) is 1.49. The van der Waals surface area contributed by atoms with E-state index >= 15 is 0 Å². The Kier molecular flexibility index (Phi) is 6.28. The summed E-state index contributed by atoms with van der Waals surface area (Å²) in [6.45, 7) is 1.31. The minimum absolute atomic E-state index is 0.0376. The first kappa shape index (κ1) is 24.3. The number of hydrogen-bond acceptors (Lipinski definition) is 7. The Morgan fingerprint density at radius 2 is 1.78 bits per heavy atom. The van der Waals surface area contributed by atoms with Crippen molar-refractivity contribution in [1.82, 2.24) is 20.2 Å². The van der Waals surface area contributed by atoms with E-state index in [1.807, 2.05) is 35.2 Å². The van der Waals surface area contributed by atoms with Gasteiger partial charge in [-0.25, -0.2) is 9.37 Å². The third-order valence-corrected chi connectivity index (χ3v) is 7.10. The molecule has 2 aliphatic rings. The maximum Gasteiger partial charge on any atom is 0.297 e. The number of aromatic hydroxyl groups is 1. The number of aromatic nitrogens is 2. The van der Waals surface area contributed by atoms with Gasteiger partial charge in [0.2, 0.25) is 17.6 Å². The number of piperidine rings is 1. The smallest absolute Gasteiger partial charge is 0.297 e. The van der Waals surface area contributed by atoms with E-state index < -0.39 is 28.6 Å². The average Bonchev–Trinajstić information content (AvgIpc) is 3.23. The number of carbonyl (C=O) groups is 2. The largest absolute Gasteiger partial charge is 0.501 e. The molecule has 0 atom stereocenters. The van der Waals surface area contributed by atoms with Gasteiger partial charge in [-0.1, -0.05) is 30.3 Å². The molecular formula is C26H27FN6O4. The van der Waals surface area contributed by atoms with Crippen LogP contribution in [0.25, 0.3) is 0 Å². The van der Waals surface area contributed by atoms with Crippen molar-refractivity contribution in [3.63, 3.8) is 0 Å². The minimum atomic E-state index is -0.748. The van der Waals surface area contributed by atoms with Gasteiger partial charge < -0.3 is 25.5 Å². The number of hydrogen-bond donors (Lipinski definition) is 3. The summed E-state index contributed by atoms with van der Waals surface area (Å²) in [7, 11) is 1.48. The summed E-state index contributed by atoms with van der Waals surface area (Å²) in [5, 5.41) is 16.0. The number of amides is 2. The van der Waals surface area contributed by atoms with Crippen LogP contribution in [0.2, 0.25) is 0 Å². The fourth-order valence-corrected chi connectivity index (χ4v) is 5.00. The van der Waals surface area contributed by atoms with Gasteiger partial charge >= 0.3 is 0 Å². The summed E-state index contributed by atoms with van der Waals surface area (Å²) in [4.78, 5) is 46.8. The molecule has 3 aromatic rings. The second kappa shape index (κ2) is 9.57. The van der Waals surface area contributed by atoms with Gasteiger partial charge in [0.15, 0.2) is 5.69 Å². The zero-order valence-electron chi connectivity index (χ0n) is 20.3. The van der Waals surface area contributed by atoms with Crippen molar-refractivity contribution in [1.29, 1.82) is 0 Å².